The Balaban J connectivity index is 2.21. The predicted molar refractivity (Wildman–Crippen MR) is 64.3 cm³/mol. The van der Waals surface area contributed by atoms with Crippen LogP contribution in [0.1, 0.15) is 23.2 Å². The van der Waals surface area contributed by atoms with E-state index in [9.17, 15) is 9.18 Å². The first-order chi connectivity index (χ1) is 7.18. The summed E-state index contributed by atoms with van der Waals surface area (Å²) in [5.74, 6) is -0.372. The lowest BCUT2D eigenvalue weighted by Gasteiger charge is -2.15. The van der Waals surface area contributed by atoms with Crippen molar-refractivity contribution in [2.45, 2.75) is 12.8 Å². The van der Waals surface area contributed by atoms with E-state index in [-0.39, 0.29) is 11.7 Å². The summed E-state index contributed by atoms with van der Waals surface area (Å²) in [5, 5.41) is 0. The molecule has 4 heteroatoms. The molecule has 1 aliphatic heterocycles. The predicted octanol–water partition coefficient (Wildman–Crippen LogP) is 2.67. The topological polar surface area (TPSA) is 20.3 Å². The molecule has 15 heavy (non-hydrogen) atoms. The van der Waals surface area contributed by atoms with Crippen LogP contribution in [0.2, 0.25) is 0 Å². The van der Waals surface area contributed by atoms with E-state index in [0.29, 0.717) is 9.13 Å². The zero-order chi connectivity index (χ0) is 10.8. The molecule has 1 aliphatic rings. The number of carbonyl (C=O) groups excluding carboxylic acids is 1. The SMILES string of the molecule is O=C(c1ccc(I)c(F)c1)N1CCCC1. The summed E-state index contributed by atoms with van der Waals surface area (Å²) in [7, 11) is 0. The summed E-state index contributed by atoms with van der Waals surface area (Å²) in [6, 6.07) is 4.65. The van der Waals surface area contributed by atoms with Crippen molar-refractivity contribution in [2.75, 3.05) is 13.1 Å². The summed E-state index contributed by atoms with van der Waals surface area (Å²) >= 11 is 1.91. The molecule has 0 unspecified atom stereocenters. The van der Waals surface area contributed by atoms with Crippen LogP contribution >= 0.6 is 22.6 Å². The van der Waals surface area contributed by atoms with Crippen molar-refractivity contribution in [1.29, 1.82) is 0 Å². The van der Waals surface area contributed by atoms with Gasteiger partial charge in [0.05, 0.1) is 0 Å². The Morgan fingerprint density at radius 2 is 2.00 bits per heavy atom. The van der Waals surface area contributed by atoms with Gasteiger partial charge in [0, 0.05) is 22.2 Å². The van der Waals surface area contributed by atoms with E-state index in [1.807, 2.05) is 22.6 Å². The minimum atomic E-state index is -0.319. The number of nitrogens with zero attached hydrogens (tertiary/aromatic N) is 1. The third kappa shape index (κ3) is 2.30. The molecule has 1 amide bonds. The monoisotopic (exact) mass is 319 g/mol. The molecular formula is C11H11FINO. The van der Waals surface area contributed by atoms with E-state index in [4.69, 9.17) is 0 Å². The lowest BCUT2D eigenvalue weighted by Crippen LogP contribution is -2.27. The maximum Gasteiger partial charge on any atom is 0.253 e. The molecule has 0 aliphatic carbocycles. The molecule has 2 nitrogen and oxygen atoms in total. The molecule has 1 saturated heterocycles. The van der Waals surface area contributed by atoms with Gasteiger partial charge in [-0.2, -0.15) is 0 Å². The molecule has 80 valence electrons. The molecule has 0 radical (unpaired) electrons. The zero-order valence-corrected chi connectivity index (χ0v) is 10.3. The average Bonchev–Trinajstić information content (AvgIpc) is 2.74. The van der Waals surface area contributed by atoms with E-state index in [1.54, 1.807) is 17.0 Å². The Morgan fingerprint density at radius 3 is 2.60 bits per heavy atom. The highest BCUT2D eigenvalue weighted by Crippen LogP contribution is 2.16. The number of halogens is 2. The van der Waals surface area contributed by atoms with Crippen LogP contribution in [0.4, 0.5) is 4.39 Å². The van der Waals surface area contributed by atoms with Crippen molar-refractivity contribution in [3.63, 3.8) is 0 Å². The first-order valence-electron chi connectivity index (χ1n) is 4.93. The summed E-state index contributed by atoms with van der Waals surface area (Å²) in [5.41, 5.74) is 0.454. The van der Waals surface area contributed by atoms with Crippen molar-refractivity contribution in [2.24, 2.45) is 0 Å². The van der Waals surface area contributed by atoms with Gasteiger partial charge >= 0.3 is 0 Å². The molecule has 0 saturated carbocycles. The van der Waals surface area contributed by atoms with E-state index in [1.165, 1.54) is 6.07 Å². The Hall–Kier alpha value is -0.650. The van der Waals surface area contributed by atoms with Crippen molar-refractivity contribution in [3.05, 3.63) is 33.1 Å². The minimum absolute atomic E-state index is 0.0530. The highest BCUT2D eigenvalue weighted by atomic mass is 127. The van der Waals surface area contributed by atoms with Crippen molar-refractivity contribution < 1.29 is 9.18 Å². The summed E-state index contributed by atoms with van der Waals surface area (Å²) in [4.78, 5) is 13.6. The third-order valence-electron chi connectivity index (χ3n) is 2.56. The van der Waals surface area contributed by atoms with Crippen molar-refractivity contribution >= 4 is 28.5 Å². The Bertz CT molecular complexity index is 388. The van der Waals surface area contributed by atoms with Crippen LogP contribution in [0.25, 0.3) is 0 Å². The highest BCUT2D eigenvalue weighted by Gasteiger charge is 2.19. The van der Waals surface area contributed by atoms with Gasteiger partial charge in [-0.25, -0.2) is 4.39 Å². The van der Waals surface area contributed by atoms with E-state index < -0.39 is 0 Å². The quantitative estimate of drug-likeness (QED) is 0.729. The lowest BCUT2D eigenvalue weighted by molar-refractivity contribution is 0.0792. The van der Waals surface area contributed by atoms with Gasteiger partial charge in [-0.3, -0.25) is 4.79 Å². The molecule has 0 aromatic heterocycles. The minimum Gasteiger partial charge on any atom is -0.339 e. The van der Waals surface area contributed by atoms with Gasteiger partial charge in [-0.1, -0.05) is 0 Å². The van der Waals surface area contributed by atoms with Crippen molar-refractivity contribution in [3.8, 4) is 0 Å². The number of rotatable bonds is 1. The number of hydrogen-bond acceptors (Lipinski definition) is 1. The summed E-state index contributed by atoms with van der Waals surface area (Å²) < 4.78 is 13.8. The number of carbonyl (C=O) groups is 1. The molecule has 0 spiro atoms. The van der Waals surface area contributed by atoms with Crippen LogP contribution in [0.15, 0.2) is 18.2 Å². The molecule has 2 rings (SSSR count). The van der Waals surface area contributed by atoms with Gasteiger partial charge < -0.3 is 4.90 Å². The third-order valence-corrected chi connectivity index (χ3v) is 3.43. The second-order valence-corrected chi connectivity index (χ2v) is 4.79. The van der Waals surface area contributed by atoms with E-state index in [0.717, 1.165) is 25.9 Å². The van der Waals surface area contributed by atoms with Crippen LogP contribution in [0, 0.1) is 9.39 Å². The largest absolute Gasteiger partial charge is 0.339 e. The summed E-state index contributed by atoms with van der Waals surface area (Å²) in [6.07, 6.45) is 2.11. The van der Waals surface area contributed by atoms with Gasteiger partial charge in [-0.05, 0) is 53.6 Å². The Morgan fingerprint density at radius 1 is 1.33 bits per heavy atom. The van der Waals surface area contributed by atoms with E-state index in [2.05, 4.69) is 0 Å². The second-order valence-electron chi connectivity index (χ2n) is 3.63. The van der Waals surface area contributed by atoms with Gasteiger partial charge in [0.15, 0.2) is 0 Å². The highest BCUT2D eigenvalue weighted by molar-refractivity contribution is 14.1. The molecule has 0 N–H and O–H groups in total. The average molecular weight is 319 g/mol. The number of amides is 1. The van der Waals surface area contributed by atoms with Crippen LogP contribution in [-0.2, 0) is 0 Å². The first kappa shape index (κ1) is 10.9. The molecule has 1 fully saturated rings. The molecule has 0 atom stereocenters. The summed E-state index contributed by atoms with van der Waals surface area (Å²) in [6.45, 7) is 1.60. The fraction of sp³-hybridized carbons (Fsp3) is 0.364. The fourth-order valence-corrected chi connectivity index (χ4v) is 2.07. The maximum absolute atomic E-state index is 13.2. The molecular weight excluding hydrogens is 308 g/mol. The van der Waals surface area contributed by atoms with Gasteiger partial charge in [0.25, 0.3) is 5.91 Å². The van der Waals surface area contributed by atoms with Crippen LogP contribution in [0.3, 0.4) is 0 Å². The maximum atomic E-state index is 13.2. The standard InChI is InChI=1S/C11H11FINO/c12-9-7-8(3-4-10(9)13)11(15)14-5-1-2-6-14/h3-4,7H,1-2,5-6H2. The molecule has 0 bridgehead atoms. The number of hydrogen-bond donors (Lipinski definition) is 0. The van der Waals surface area contributed by atoms with E-state index >= 15 is 0 Å². The fourth-order valence-electron chi connectivity index (χ4n) is 1.73. The van der Waals surface area contributed by atoms with Crippen LogP contribution in [-0.4, -0.2) is 23.9 Å². The van der Waals surface area contributed by atoms with Gasteiger partial charge in [0.2, 0.25) is 0 Å². The first-order valence-corrected chi connectivity index (χ1v) is 6.00. The molecule has 1 aromatic rings. The van der Waals surface area contributed by atoms with Crippen LogP contribution in [0.5, 0.6) is 0 Å². The van der Waals surface area contributed by atoms with Crippen LogP contribution < -0.4 is 0 Å². The second kappa shape index (κ2) is 4.47. The molecule has 1 aromatic carbocycles. The zero-order valence-electron chi connectivity index (χ0n) is 8.17. The lowest BCUT2D eigenvalue weighted by atomic mass is 10.2. The smallest absolute Gasteiger partial charge is 0.253 e. The van der Waals surface area contributed by atoms with Gasteiger partial charge in [0.1, 0.15) is 5.82 Å². The Labute approximate surface area is 102 Å². The normalized spacial score (nSPS) is 15.7. The van der Waals surface area contributed by atoms with Crippen molar-refractivity contribution in [1.82, 2.24) is 4.90 Å². The number of likely N-dealkylation sites (tertiary alicyclic amines) is 1. The number of benzene rings is 1. The Kier molecular flexibility index (Phi) is 3.23. The molecule has 1 heterocycles. The van der Waals surface area contributed by atoms with Gasteiger partial charge in [-0.15, -0.1) is 0 Å².